The summed E-state index contributed by atoms with van der Waals surface area (Å²) in [6.45, 7) is 12.4. The van der Waals surface area contributed by atoms with Crippen LogP contribution in [0, 0.1) is 0 Å². The van der Waals surface area contributed by atoms with Crippen molar-refractivity contribution in [3.05, 3.63) is 29.8 Å². The second-order valence-electron chi connectivity index (χ2n) is 8.61. The van der Waals surface area contributed by atoms with Gasteiger partial charge in [-0.3, -0.25) is 4.84 Å². The molecule has 12 nitrogen and oxygen atoms in total. The SMILES string of the molecule is CCOC(=O)c1ccc(OCCOCCOCCOCCOCCOCCONC(=O)OC(C)(C)C)cc1. The van der Waals surface area contributed by atoms with Crippen LogP contribution in [0.3, 0.4) is 0 Å². The van der Waals surface area contributed by atoms with Gasteiger partial charge in [-0.25, -0.2) is 9.59 Å². The highest BCUT2D eigenvalue weighted by Gasteiger charge is 2.15. The maximum absolute atomic E-state index is 11.6. The highest BCUT2D eigenvalue weighted by molar-refractivity contribution is 5.89. The molecule has 1 amide bonds. The molecule has 0 unspecified atom stereocenters. The minimum absolute atomic E-state index is 0.204. The first-order valence-corrected chi connectivity index (χ1v) is 12.7. The van der Waals surface area contributed by atoms with Gasteiger partial charge in [-0.2, -0.15) is 5.48 Å². The van der Waals surface area contributed by atoms with Crippen molar-refractivity contribution in [3.8, 4) is 5.75 Å². The van der Waals surface area contributed by atoms with E-state index < -0.39 is 11.7 Å². The molecule has 0 aliphatic carbocycles. The summed E-state index contributed by atoms with van der Waals surface area (Å²) in [5.74, 6) is 0.310. The quantitative estimate of drug-likeness (QED) is 0.131. The number of nitrogens with one attached hydrogen (secondary N) is 1. The molecule has 0 bridgehead atoms. The number of benzene rings is 1. The van der Waals surface area contributed by atoms with Gasteiger partial charge in [0.1, 0.15) is 18.0 Å². The molecule has 0 aromatic heterocycles. The molecule has 1 N–H and O–H groups in total. The number of carbonyl (C=O) groups is 2. The van der Waals surface area contributed by atoms with Crippen molar-refractivity contribution in [1.29, 1.82) is 0 Å². The zero-order valence-electron chi connectivity index (χ0n) is 23.0. The van der Waals surface area contributed by atoms with E-state index in [0.717, 1.165) is 0 Å². The Bertz CT molecular complexity index is 738. The van der Waals surface area contributed by atoms with Gasteiger partial charge in [0.25, 0.3) is 0 Å². The van der Waals surface area contributed by atoms with Crippen LogP contribution >= 0.6 is 0 Å². The Kier molecular flexibility index (Phi) is 18.9. The first-order chi connectivity index (χ1) is 18.3. The summed E-state index contributed by atoms with van der Waals surface area (Å²) >= 11 is 0. The molecule has 0 spiro atoms. The molecule has 0 aliphatic heterocycles. The molecule has 0 radical (unpaired) electrons. The van der Waals surface area contributed by atoms with Gasteiger partial charge >= 0.3 is 12.1 Å². The van der Waals surface area contributed by atoms with Gasteiger partial charge in [-0.1, -0.05) is 0 Å². The van der Waals surface area contributed by atoms with E-state index >= 15 is 0 Å². The van der Waals surface area contributed by atoms with Crippen LogP contribution in [-0.2, 0) is 38.0 Å². The number of carbonyl (C=O) groups excluding carboxylic acids is 2. The van der Waals surface area contributed by atoms with Crippen molar-refractivity contribution in [2.45, 2.75) is 33.3 Å². The lowest BCUT2D eigenvalue weighted by atomic mass is 10.2. The molecular weight excluding hydrogens is 502 g/mol. The summed E-state index contributed by atoms with van der Waals surface area (Å²) < 4.78 is 42.6. The Morgan fingerprint density at radius 1 is 0.684 bits per heavy atom. The van der Waals surface area contributed by atoms with E-state index in [9.17, 15) is 9.59 Å². The molecule has 0 atom stereocenters. The van der Waals surface area contributed by atoms with Crippen molar-refractivity contribution in [2.24, 2.45) is 0 Å². The van der Waals surface area contributed by atoms with E-state index in [0.29, 0.717) is 90.6 Å². The fourth-order valence-electron chi connectivity index (χ4n) is 2.61. The largest absolute Gasteiger partial charge is 0.491 e. The third kappa shape index (κ3) is 19.6. The Hall–Kier alpha value is -2.48. The van der Waals surface area contributed by atoms with Crippen LogP contribution in [0.4, 0.5) is 4.79 Å². The van der Waals surface area contributed by atoms with Crippen LogP contribution in [0.25, 0.3) is 0 Å². The maximum atomic E-state index is 11.6. The smallest absolute Gasteiger partial charge is 0.431 e. The molecule has 0 saturated heterocycles. The van der Waals surface area contributed by atoms with E-state index in [4.69, 9.17) is 42.7 Å². The fourth-order valence-corrected chi connectivity index (χ4v) is 2.61. The number of hydrogen-bond donors (Lipinski definition) is 1. The van der Waals surface area contributed by atoms with E-state index in [-0.39, 0.29) is 12.6 Å². The number of rotatable bonds is 22. The second-order valence-corrected chi connectivity index (χ2v) is 8.61. The number of amides is 1. The van der Waals surface area contributed by atoms with Gasteiger partial charge < -0.3 is 37.9 Å². The van der Waals surface area contributed by atoms with Crippen LogP contribution in [0.5, 0.6) is 5.75 Å². The molecule has 0 fully saturated rings. The van der Waals surface area contributed by atoms with Crippen molar-refractivity contribution in [1.82, 2.24) is 5.48 Å². The average molecular weight is 546 g/mol. The summed E-state index contributed by atoms with van der Waals surface area (Å²) in [5, 5.41) is 0. The fraction of sp³-hybridized carbons (Fsp3) is 0.692. The summed E-state index contributed by atoms with van der Waals surface area (Å²) in [6.07, 6.45) is -0.640. The van der Waals surface area contributed by atoms with E-state index in [2.05, 4.69) is 5.48 Å². The molecule has 1 aromatic rings. The summed E-state index contributed by atoms with van der Waals surface area (Å²) in [6, 6.07) is 6.78. The Morgan fingerprint density at radius 3 is 1.58 bits per heavy atom. The first-order valence-electron chi connectivity index (χ1n) is 12.7. The van der Waals surface area contributed by atoms with Gasteiger partial charge in [0, 0.05) is 0 Å². The Labute approximate surface area is 225 Å². The van der Waals surface area contributed by atoms with Gasteiger partial charge in [-0.05, 0) is 52.0 Å². The molecular formula is C26H43NO11. The minimum atomic E-state index is -0.640. The lowest BCUT2D eigenvalue weighted by Crippen LogP contribution is -2.33. The molecule has 38 heavy (non-hydrogen) atoms. The summed E-state index contributed by atoms with van der Waals surface area (Å²) in [4.78, 5) is 27.9. The number of hydroxylamine groups is 1. The van der Waals surface area contributed by atoms with E-state index in [1.807, 2.05) is 0 Å². The highest BCUT2D eigenvalue weighted by atomic mass is 16.7. The van der Waals surface area contributed by atoms with Gasteiger partial charge in [0.15, 0.2) is 0 Å². The number of ether oxygens (including phenoxy) is 8. The molecule has 1 aromatic carbocycles. The molecule has 12 heteroatoms. The Morgan fingerprint density at radius 2 is 1.13 bits per heavy atom. The summed E-state index contributed by atoms with van der Waals surface area (Å²) in [7, 11) is 0. The monoisotopic (exact) mass is 545 g/mol. The third-order valence-corrected chi connectivity index (χ3v) is 4.23. The number of esters is 1. The Balaban J connectivity index is 1.78. The van der Waals surface area contributed by atoms with Crippen molar-refractivity contribution < 1.29 is 52.3 Å². The van der Waals surface area contributed by atoms with Crippen molar-refractivity contribution in [3.63, 3.8) is 0 Å². The van der Waals surface area contributed by atoms with Gasteiger partial charge in [0.2, 0.25) is 0 Å². The van der Waals surface area contributed by atoms with Crippen LogP contribution in [0.15, 0.2) is 24.3 Å². The lowest BCUT2D eigenvalue weighted by Gasteiger charge is -2.19. The molecule has 1 rings (SSSR count). The normalized spacial score (nSPS) is 11.3. The zero-order valence-corrected chi connectivity index (χ0v) is 23.0. The molecule has 0 heterocycles. The molecule has 0 aliphatic rings. The maximum Gasteiger partial charge on any atom is 0.431 e. The highest BCUT2D eigenvalue weighted by Crippen LogP contribution is 2.13. The van der Waals surface area contributed by atoms with E-state index in [1.54, 1.807) is 52.0 Å². The molecule has 218 valence electrons. The zero-order chi connectivity index (χ0) is 27.9. The van der Waals surface area contributed by atoms with Crippen LogP contribution in [-0.4, -0.2) is 104 Å². The lowest BCUT2D eigenvalue weighted by molar-refractivity contribution is -0.0375. The van der Waals surface area contributed by atoms with Crippen LogP contribution < -0.4 is 10.2 Å². The number of hydrogen-bond acceptors (Lipinski definition) is 11. The third-order valence-electron chi connectivity index (χ3n) is 4.23. The topological polar surface area (TPSA) is 129 Å². The van der Waals surface area contributed by atoms with Crippen molar-refractivity contribution in [2.75, 3.05) is 85.9 Å². The van der Waals surface area contributed by atoms with Crippen LogP contribution in [0.1, 0.15) is 38.1 Å². The average Bonchev–Trinajstić information content (AvgIpc) is 2.87. The van der Waals surface area contributed by atoms with Crippen LogP contribution in [0.2, 0.25) is 0 Å². The predicted molar refractivity (Wildman–Crippen MR) is 137 cm³/mol. The standard InChI is InChI=1S/C26H43NO11/c1-5-35-24(28)22-6-8-23(9-7-22)36-20-18-33-16-14-31-12-10-30-11-13-32-15-17-34-19-21-37-27-25(29)38-26(2,3)4/h6-9H,5,10-21H2,1-4H3,(H,27,29). The predicted octanol–water partition coefficient (Wildman–Crippen LogP) is 2.78. The molecule has 0 saturated carbocycles. The second kappa shape index (κ2) is 21.5. The minimum Gasteiger partial charge on any atom is -0.491 e. The van der Waals surface area contributed by atoms with Gasteiger partial charge in [-0.15, -0.1) is 0 Å². The first kappa shape index (κ1) is 33.5. The van der Waals surface area contributed by atoms with E-state index in [1.165, 1.54) is 0 Å². The van der Waals surface area contributed by atoms with Crippen molar-refractivity contribution >= 4 is 12.1 Å². The van der Waals surface area contributed by atoms with Gasteiger partial charge in [0.05, 0.1) is 84.8 Å². The summed E-state index contributed by atoms with van der Waals surface area (Å²) in [5.41, 5.74) is 2.10.